The van der Waals surface area contributed by atoms with Crippen molar-refractivity contribution < 1.29 is 14.6 Å². The lowest BCUT2D eigenvalue weighted by Crippen LogP contribution is -2.05. The van der Waals surface area contributed by atoms with Gasteiger partial charge >= 0.3 is 5.97 Å². The van der Waals surface area contributed by atoms with Crippen molar-refractivity contribution in [3.63, 3.8) is 0 Å². The topological polar surface area (TPSA) is 59.4 Å². The van der Waals surface area contributed by atoms with Gasteiger partial charge in [-0.05, 0) is 18.6 Å². The van der Waals surface area contributed by atoms with Gasteiger partial charge in [0.2, 0.25) is 0 Å². The number of hydrogen-bond acceptors (Lipinski definition) is 4. The molecular weight excluding hydrogens is 262 g/mol. The predicted octanol–water partition coefficient (Wildman–Crippen LogP) is 2.91. The van der Waals surface area contributed by atoms with E-state index >= 15 is 0 Å². The zero-order chi connectivity index (χ0) is 13.7. The first-order valence-electron chi connectivity index (χ1n) is 5.96. The molecule has 0 atom stereocenters. The van der Waals surface area contributed by atoms with Crippen LogP contribution in [0, 0.1) is 6.92 Å². The van der Waals surface area contributed by atoms with E-state index in [2.05, 4.69) is 4.98 Å². The van der Waals surface area contributed by atoms with Crippen molar-refractivity contribution in [2.45, 2.75) is 20.0 Å². The molecule has 0 saturated heterocycles. The molecule has 1 heterocycles. The summed E-state index contributed by atoms with van der Waals surface area (Å²) in [6.45, 7) is 2.86. The van der Waals surface area contributed by atoms with Crippen LogP contribution in [0.3, 0.4) is 0 Å². The van der Waals surface area contributed by atoms with Gasteiger partial charge in [0.15, 0.2) is 0 Å². The van der Waals surface area contributed by atoms with Gasteiger partial charge in [-0.2, -0.15) is 0 Å². The Bertz CT molecular complexity index is 565. The maximum absolute atomic E-state index is 11.0. The summed E-state index contributed by atoms with van der Waals surface area (Å²) in [5.74, 6) is -0.919. The Kier molecular flexibility index (Phi) is 4.65. The third kappa shape index (κ3) is 3.62. The fourth-order valence-electron chi connectivity index (χ4n) is 1.77. The molecule has 1 aromatic carbocycles. The molecule has 19 heavy (non-hydrogen) atoms. The SMILES string of the molecule is Cc1ncsc1CCOCc1ccccc1C(=O)O. The largest absolute Gasteiger partial charge is 0.478 e. The molecule has 1 aromatic heterocycles. The number of benzene rings is 1. The molecule has 4 nitrogen and oxygen atoms in total. The standard InChI is InChI=1S/C14H15NO3S/c1-10-13(19-9-15-10)6-7-18-8-11-4-2-3-5-12(11)14(16)17/h2-5,9H,6-8H2,1H3,(H,16,17). The zero-order valence-corrected chi connectivity index (χ0v) is 11.4. The van der Waals surface area contributed by atoms with Crippen LogP contribution in [0.1, 0.15) is 26.5 Å². The average molecular weight is 277 g/mol. The van der Waals surface area contributed by atoms with E-state index in [-0.39, 0.29) is 0 Å². The van der Waals surface area contributed by atoms with Gasteiger partial charge in [0, 0.05) is 11.3 Å². The lowest BCUT2D eigenvalue weighted by atomic mass is 10.1. The summed E-state index contributed by atoms with van der Waals surface area (Å²) in [6.07, 6.45) is 0.811. The van der Waals surface area contributed by atoms with Gasteiger partial charge in [0.05, 0.1) is 30.0 Å². The van der Waals surface area contributed by atoms with E-state index in [1.165, 1.54) is 4.88 Å². The Morgan fingerprint density at radius 1 is 1.42 bits per heavy atom. The first kappa shape index (κ1) is 13.7. The number of carboxylic acid groups (broad SMARTS) is 1. The summed E-state index contributed by atoms with van der Waals surface area (Å²) < 4.78 is 5.55. The molecule has 2 rings (SSSR count). The molecule has 0 spiro atoms. The van der Waals surface area contributed by atoms with Gasteiger partial charge in [-0.1, -0.05) is 18.2 Å². The van der Waals surface area contributed by atoms with Crippen molar-refractivity contribution in [1.82, 2.24) is 4.98 Å². The van der Waals surface area contributed by atoms with Crippen LogP contribution in [0.5, 0.6) is 0 Å². The van der Waals surface area contributed by atoms with Crippen LogP contribution in [-0.4, -0.2) is 22.7 Å². The average Bonchev–Trinajstić information content (AvgIpc) is 2.80. The van der Waals surface area contributed by atoms with E-state index in [0.29, 0.717) is 24.3 Å². The lowest BCUT2D eigenvalue weighted by molar-refractivity contribution is 0.0687. The van der Waals surface area contributed by atoms with Gasteiger partial charge < -0.3 is 9.84 Å². The second-order valence-electron chi connectivity index (χ2n) is 4.13. The lowest BCUT2D eigenvalue weighted by Gasteiger charge is -2.07. The molecule has 100 valence electrons. The summed E-state index contributed by atoms with van der Waals surface area (Å²) >= 11 is 1.62. The summed E-state index contributed by atoms with van der Waals surface area (Å²) in [6, 6.07) is 6.90. The number of aryl methyl sites for hydroxylation is 1. The van der Waals surface area contributed by atoms with E-state index < -0.39 is 5.97 Å². The summed E-state index contributed by atoms with van der Waals surface area (Å²) in [7, 11) is 0. The zero-order valence-electron chi connectivity index (χ0n) is 10.6. The Hall–Kier alpha value is -1.72. The van der Waals surface area contributed by atoms with E-state index in [1.54, 1.807) is 29.5 Å². The molecule has 0 fully saturated rings. The Balaban J connectivity index is 1.86. The molecule has 2 aromatic rings. The normalized spacial score (nSPS) is 10.6. The number of hydrogen-bond donors (Lipinski definition) is 1. The van der Waals surface area contributed by atoms with Crippen molar-refractivity contribution in [3.8, 4) is 0 Å². The van der Waals surface area contributed by atoms with Gasteiger partial charge in [0.1, 0.15) is 0 Å². The molecule has 0 aliphatic carbocycles. The minimum Gasteiger partial charge on any atom is -0.478 e. The Labute approximate surface area is 115 Å². The van der Waals surface area contributed by atoms with Crippen molar-refractivity contribution in [2.24, 2.45) is 0 Å². The minimum atomic E-state index is -0.919. The highest BCUT2D eigenvalue weighted by atomic mass is 32.1. The molecule has 0 aliphatic rings. The van der Waals surface area contributed by atoms with E-state index in [9.17, 15) is 4.79 Å². The third-order valence-corrected chi connectivity index (χ3v) is 3.82. The number of carboxylic acids is 1. The van der Waals surface area contributed by atoms with Crippen molar-refractivity contribution in [3.05, 3.63) is 51.5 Å². The highest BCUT2D eigenvalue weighted by Crippen LogP contribution is 2.14. The third-order valence-electron chi connectivity index (χ3n) is 2.82. The number of aromatic carboxylic acids is 1. The molecule has 0 saturated carbocycles. The van der Waals surface area contributed by atoms with E-state index in [4.69, 9.17) is 9.84 Å². The molecule has 0 unspecified atom stereocenters. The highest BCUT2D eigenvalue weighted by Gasteiger charge is 2.08. The summed E-state index contributed by atoms with van der Waals surface area (Å²) in [5.41, 5.74) is 3.87. The predicted molar refractivity (Wildman–Crippen MR) is 73.6 cm³/mol. The molecule has 0 radical (unpaired) electrons. The van der Waals surface area contributed by atoms with Crippen molar-refractivity contribution in [1.29, 1.82) is 0 Å². The van der Waals surface area contributed by atoms with Crippen LogP contribution in [0.15, 0.2) is 29.8 Å². The Morgan fingerprint density at radius 2 is 2.21 bits per heavy atom. The van der Waals surface area contributed by atoms with Crippen LogP contribution in [0.4, 0.5) is 0 Å². The second-order valence-corrected chi connectivity index (χ2v) is 5.07. The van der Waals surface area contributed by atoms with Crippen LogP contribution in [-0.2, 0) is 17.8 Å². The molecule has 0 bridgehead atoms. The van der Waals surface area contributed by atoms with Crippen LogP contribution in [0.25, 0.3) is 0 Å². The smallest absolute Gasteiger partial charge is 0.336 e. The van der Waals surface area contributed by atoms with Crippen LogP contribution in [0.2, 0.25) is 0 Å². The van der Waals surface area contributed by atoms with Gasteiger partial charge in [-0.25, -0.2) is 9.78 Å². The fourth-order valence-corrected chi connectivity index (χ4v) is 2.53. The van der Waals surface area contributed by atoms with E-state index in [0.717, 1.165) is 12.1 Å². The van der Waals surface area contributed by atoms with Gasteiger partial charge in [0.25, 0.3) is 0 Å². The number of carbonyl (C=O) groups is 1. The van der Waals surface area contributed by atoms with Crippen molar-refractivity contribution >= 4 is 17.3 Å². The maximum atomic E-state index is 11.0. The van der Waals surface area contributed by atoms with Gasteiger partial charge in [-0.15, -0.1) is 11.3 Å². The monoisotopic (exact) mass is 277 g/mol. The quantitative estimate of drug-likeness (QED) is 0.825. The fraction of sp³-hybridized carbons (Fsp3) is 0.286. The van der Waals surface area contributed by atoms with Crippen molar-refractivity contribution in [2.75, 3.05) is 6.61 Å². The molecule has 1 N–H and O–H groups in total. The number of nitrogens with zero attached hydrogens (tertiary/aromatic N) is 1. The highest BCUT2D eigenvalue weighted by molar-refractivity contribution is 7.09. The first-order valence-corrected chi connectivity index (χ1v) is 6.84. The number of aromatic nitrogens is 1. The first-order chi connectivity index (χ1) is 9.18. The molecular formula is C14H15NO3S. The summed E-state index contributed by atoms with van der Waals surface area (Å²) in [5, 5.41) is 9.05. The molecule has 0 amide bonds. The number of thiazole rings is 1. The Morgan fingerprint density at radius 3 is 2.89 bits per heavy atom. The maximum Gasteiger partial charge on any atom is 0.336 e. The number of rotatable bonds is 6. The van der Waals surface area contributed by atoms with Gasteiger partial charge in [-0.3, -0.25) is 0 Å². The number of ether oxygens (including phenoxy) is 1. The van der Waals surface area contributed by atoms with Crippen LogP contribution < -0.4 is 0 Å². The van der Waals surface area contributed by atoms with Crippen LogP contribution >= 0.6 is 11.3 Å². The summed E-state index contributed by atoms with van der Waals surface area (Å²) in [4.78, 5) is 16.4. The second kappa shape index (κ2) is 6.45. The minimum absolute atomic E-state index is 0.302. The van der Waals surface area contributed by atoms with E-state index in [1.807, 2.05) is 18.5 Å². The molecule has 5 heteroatoms. The molecule has 0 aliphatic heterocycles.